The SMILES string of the molecule is C[C@]12C=CC(=O)N[C@@H]1CC[C@@H]1[C@@H]2CC[C@]2(C)[C@@H](C(=O)N(C(=S)NC3CCCCC3)C3CCCCC3)CC[C@@H]12. The van der Waals surface area contributed by atoms with Crippen LogP contribution < -0.4 is 10.6 Å². The average molecular weight is 540 g/mol. The van der Waals surface area contributed by atoms with Gasteiger partial charge in [-0.2, -0.15) is 0 Å². The lowest BCUT2D eigenvalue weighted by Crippen LogP contribution is -2.60. The Kier molecular flexibility index (Phi) is 7.41. The summed E-state index contributed by atoms with van der Waals surface area (Å²) < 4.78 is 0. The molecule has 6 heteroatoms. The molecule has 1 heterocycles. The van der Waals surface area contributed by atoms with E-state index in [-0.39, 0.29) is 34.7 Å². The number of amides is 2. The van der Waals surface area contributed by atoms with Crippen LogP contribution in [-0.4, -0.2) is 40.0 Å². The Bertz CT molecular complexity index is 970. The highest BCUT2D eigenvalue weighted by atomic mass is 32.1. The summed E-state index contributed by atoms with van der Waals surface area (Å²) in [5, 5.41) is 7.69. The number of thiocarbonyl (C=S) groups is 1. The summed E-state index contributed by atoms with van der Waals surface area (Å²) in [5.41, 5.74) is 0.0936. The molecule has 5 saturated carbocycles. The van der Waals surface area contributed by atoms with E-state index in [0.717, 1.165) is 50.1 Å². The lowest BCUT2D eigenvalue weighted by molar-refractivity contribution is -0.142. The number of nitrogens with one attached hydrogen (secondary N) is 2. The van der Waals surface area contributed by atoms with Gasteiger partial charge >= 0.3 is 0 Å². The number of nitrogens with zero attached hydrogens (tertiary/aromatic N) is 1. The van der Waals surface area contributed by atoms with E-state index in [4.69, 9.17) is 12.2 Å². The van der Waals surface area contributed by atoms with Crippen molar-refractivity contribution in [2.45, 2.75) is 135 Å². The van der Waals surface area contributed by atoms with Crippen molar-refractivity contribution in [2.24, 2.45) is 34.5 Å². The third kappa shape index (κ3) is 4.55. The van der Waals surface area contributed by atoms with Crippen molar-refractivity contribution in [2.75, 3.05) is 0 Å². The number of hydrogen-bond donors (Lipinski definition) is 2. The van der Waals surface area contributed by atoms with Crippen molar-refractivity contribution in [3.63, 3.8) is 0 Å². The molecule has 0 saturated heterocycles. The molecule has 2 amide bonds. The van der Waals surface area contributed by atoms with Crippen LogP contribution in [0.4, 0.5) is 0 Å². The van der Waals surface area contributed by atoms with Crippen LogP contribution in [0.25, 0.3) is 0 Å². The molecule has 1 aliphatic heterocycles. The van der Waals surface area contributed by atoms with Gasteiger partial charge in [-0.15, -0.1) is 0 Å². The second-order valence-corrected chi connectivity index (χ2v) is 14.6. The quantitative estimate of drug-likeness (QED) is 0.415. The van der Waals surface area contributed by atoms with Gasteiger partial charge in [0.2, 0.25) is 11.8 Å². The molecule has 7 atom stereocenters. The molecular weight excluding hydrogens is 490 g/mol. The van der Waals surface area contributed by atoms with Crippen LogP contribution in [0, 0.1) is 34.5 Å². The molecule has 2 N–H and O–H groups in total. The first-order valence-corrected chi connectivity index (χ1v) is 16.4. The fourth-order valence-corrected chi connectivity index (χ4v) is 10.6. The first-order valence-electron chi connectivity index (χ1n) is 15.9. The van der Waals surface area contributed by atoms with Gasteiger partial charge < -0.3 is 10.6 Å². The molecule has 6 rings (SSSR count). The summed E-state index contributed by atoms with van der Waals surface area (Å²) in [7, 11) is 0. The van der Waals surface area contributed by atoms with E-state index in [1.54, 1.807) is 6.08 Å². The minimum atomic E-state index is 0.0415. The Morgan fingerprint density at radius 3 is 2.37 bits per heavy atom. The molecule has 0 aromatic carbocycles. The van der Waals surface area contributed by atoms with Gasteiger partial charge in [0.1, 0.15) is 0 Å². The molecule has 0 aromatic heterocycles. The molecule has 6 aliphatic rings. The molecule has 0 aromatic rings. The minimum absolute atomic E-state index is 0.0415. The Labute approximate surface area is 235 Å². The maximum absolute atomic E-state index is 14.6. The van der Waals surface area contributed by atoms with Crippen LogP contribution in [0.3, 0.4) is 0 Å². The van der Waals surface area contributed by atoms with Gasteiger partial charge in [0.05, 0.1) is 0 Å². The van der Waals surface area contributed by atoms with Gasteiger partial charge in [-0.3, -0.25) is 14.5 Å². The molecule has 0 radical (unpaired) electrons. The van der Waals surface area contributed by atoms with E-state index in [9.17, 15) is 9.59 Å². The van der Waals surface area contributed by atoms with Gasteiger partial charge in [0.15, 0.2) is 5.11 Å². The van der Waals surface area contributed by atoms with E-state index >= 15 is 0 Å². The van der Waals surface area contributed by atoms with Crippen molar-refractivity contribution < 1.29 is 9.59 Å². The van der Waals surface area contributed by atoms with Crippen molar-refractivity contribution in [1.29, 1.82) is 0 Å². The van der Waals surface area contributed by atoms with Crippen molar-refractivity contribution in [3.8, 4) is 0 Å². The van der Waals surface area contributed by atoms with Crippen LogP contribution in [-0.2, 0) is 9.59 Å². The Balaban J connectivity index is 1.23. The van der Waals surface area contributed by atoms with Crippen LogP contribution in [0.5, 0.6) is 0 Å². The van der Waals surface area contributed by atoms with E-state index in [1.807, 2.05) is 0 Å². The fourth-order valence-electron chi connectivity index (χ4n) is 10.2. The third-order valence-electron chi connectivity index (χ3n) is 12.3. The largest absolute Gasteiger partial charge is 0.359 e. The summed E-state index contributed by atoms with van der Waals surface area (Å²) in [6.45, 7) is 4.83. The van der Waals surface area contributed by atoms with Gasteiger partial charge in [-0.1, -0.05) is 58.4 Å². The maximum Gasteiger partial charge on any atom is 0.243 e. The second kappa shape index (κ2) is 10.5. The molecule has 0 spiro atoms. The second-order valence-electron chi connectivity index (χ2n) is 14.2. The van der Waals surface area contributed by atoms with E-state index in [2.05, 4.69) is 35.5 Å². The van der Waals surface area contributed by atoms with Crippen LogP contribution in [0.15, 0.2) is 12.2 Å². The molecular formula is C32H49N3O2S. The molecule has 5 fully saturated rings. The highest BCUT2D eigenvalue weighted by molar-refractivity contribution is 7.80. The summed E-state index contributed by atoms with van der Waals surface area (Å²) in [6, 6.07) is 0.955. The third-order valence-corrected chi connectivity index (χ3v) is 12.6. The number of fused-ring (bicyclic) bond motifs is 5. The molecule has 38 heavy (non-hydrogen) atoms. The highest BCUT2D eigenvalue weighted by Crippen LogP contribution is 2.65. The van der Waals surface area contributed by atoms with E-state index in [1.165, 1.54) is 57.8 Å². The highest BCUT2D eigenvalue weighted by Gasteiger charge is 2.61. The van der Waals surface area contributed by atoms with Crippen LogP contribution >= 0.6 is 12.2 Å². The van der Waals surface area contributed by atoms with Gasteiger partial charge in [-0.05, 0) is 106 Å². The smallest absolute Gasteiger partial charge is 0.243 e. The molecule has 0 bridgehead atoms. The first kappa shape index (κ1) is 26.8. The summed E-state index contributed by atoms with van der Waals surface area (Å²) >= 11 is 6.06. The molecule has 5 aliphatic carbocycles. The molecule has 210 valence electrons. The zero-order valence-corrected chi connectivity index (χ0v) is 24.5. The predicted molar refractivity (Wildman–Crippen MR) is 155 cm³/mol. The summed E-state index contributed by atoms with van der Waals surface area (Å²) in [4.78, 5) is 28.8. The van der Waals surface area contributed by atoms with Crippen LogP contribution in [0.2, 0.25) is 0 Å². The first-order chi connectivity index (χ1) is 18.3. The van der Waals surface area contributed by atoms with Gasteiger partial charge in [-0.25, -0.2) is 0 Å². The molecule has 0 unspecified atom stereocenters. The number of carbonyl (C=O) groups excluding carboxylic acids is 2. The molecule has 5 nitrogen and oxygen atoms in total. The Hall–Kier alpha value is -1.43. The summed E-state index contributed by atoms with van der Waals surface area (Å²) in [5.74, 6) is 2.30. The van der Waals surface area contributed by atoms with Gasteiger partial charge in [0.25, 0.3) is 0 Å². The van der Waals surface area contributed by atoms with Gasteiger partial charge in [0, 0.05) is 29.5 Å². The van der Waals surface area contributed by atoms with Crippen molar-refractivity contribution in [1.82, 2.24) is 15.5 Å². The Morgan fingerprint density at radius 2 is 1.63 bits per heavy atom. The minimum Gasteiger partial charge on any atom is -0.359 e. The fraction of sp³-hybridized carbons (Fsp3) is 0.844. The Morgan fingerprint density at radius 1 is 0.921 bits per heavy atom. The van der Waals surface area contributed by atoms with E-state index < -0.39 is 0 Å². The lowest BCUT2D eigenvalue weighted by Gasteiger charge is -2.59. The zero-order valence-electron chi connectivity index (χ0n) is 23.7. The monoisotopic (exact) mass is 539 g/mol. The van der Waals surface area contributed by atoms with Crippen molar-refractivity contribution >= 4 is 29.1 Å². The number of rotatable bonds is 3. The number of carbonyl (C=O) groups is 2. The number of hydrogen-bond acceptors (Lipinski definition) is 3. The normalized spacial score (nSPS) is 41.4. The van der Waals surface area contributed by atoms with E-state index in [0.29, 0.717) is 29.7 Å². The zero-order chi connectivity index (χ0) is 26.5. The topological polar surface area (TPSA) is 61.4 Å². The summed E-state index contributed by atoms with van der Waals surface area (Å²) in [6.07, 6.45) is 22.7. The lowest BCUT2D eigenvalue weighted by atomic mass is 9.48. The van der Waals surface area contributed by atoms with Crippen LogP contribution in [0.1, 0.15) is 117 Å². The maximum atomic E-state index is 14.6. The van der Waals surface area contributed by atoms with Crippen molar-refractivity contribution in [3.05, 3.63) is 12.2 Å². The average Bonchev–Trinajstić information content (AvgIpc) is 3.27. The standard InChI is InChI=1S/C32H49N3O2S/c1-31-19-17-25-23(13-16-27-32(25,2)20-18-28(36)34-27)24(31)14-15-26(31)29(37)35(22-11-7-4-8-12-22)30(38)33-21-9-5-3-6-10-21/h18,20-27H,3-17,19H2,1-2H3,(H,33,38)(H,34,36)/t23-,24-,25-,26+,27+,31-,32+/m0/s1. The predicted octanol–water partition coefficient (Wildman–Crippen LogP) is 6.27.